The average molecular weight is 291 g/mol. The summed E-state index contributed by atoms with van der Waals surface area (Å²) in [6.07, 6.45) is 7.42. The lowest BCUT2D eigenvalue weighted by molar-refractivity contribution is 0.0408. The monoisotopic (exact) mass is 291 g/mol. The minimum Gasteiger partial charge on any atom is -0.381 e. The molecule has 4 nitrogen and oxygen atoms in total. The summed E-state index contributed by atoms with van der Waals surface area (Å²) in [7, 11) is -3.45. The maximum atomic E-state index is 11.5. The Hall–Kier alpha value is -0.130. The van der Waals surface area contributed by atoms with Crippen LogP contribution in [-0.2, 0) is 14.8 Å². The molecule has 0 aromatic carbocycles. The molecule has 1 aliphatic carbocycles. The Morgan fingerprint density at radius 3 is 2.21 bits per heavy atom. The van der Waals surface area contributed by atoms with Gasteiger partial charge < -0.3 is 4.74 Å². The quantitative estimate of drug-likeness (QED) is 0.595. The predicted octanol–water partition coefficient (Wildman–Crippen LogP) is 2.68. The molecule has 5 heteroatoms. The van der Waals surface area contributed by atoms with Crippen LogP contribution >= 0.6 is 0 Å². The van der Waals surface area contributed by atoms with E-state index in [1.54, 1.807) is 0 Å². The number of hydrogen-bond donors (Lipinski definition) is 1. The van der Waals surface area contributed by atoms with Gasteiger partial charge in [0.05, 0.1) is 12.4 Å². The van der Waals surface area contributed by atoms with Crippen LogP contribution in [0.15, 0.2) is 0 Å². The molecule has 0 amide bonds. The molecule has 0 unspecified atom stereocenters. The topological polar surface area (TPSA) is 69.4 Å². The molecule has 0 aliphatic heterocycles. The van der Waals surface area contributed by atoms with Gasteiger partial charge in [0.25, 0.3) is 0 Å². The third kappa shape index (κ3) is 7.28. The maximum absolute atomic E-state index is 11.5. The van der Waals surface area contributed by atoms with E-state index in [2.05, 4.69) is 13.8 Å². The second-order valence-corrected chi connectivity index (χ2v) is 7.71. The molecule has 1 aliphatic rings. The lowest BCUT2D eigenvalue weighted by Crippen LogP contribution is -2.37. The largest absolute Gasteiger partial charge is 0.381 e. The molecule has 0 bridgehead atoms. The van der Waals surface area contributed by atoms with Gasteiger partial charge in [-0.15, -0.1) is 0 Å². The molecular weight excluding hydrogens is 262 g/mol. The first kappa shape index (κ1) is 16.9. The molecule has 0 atom stereocenters. The van der Waals surface area contributed by atoms with Gasteiger partial charge in [-0.2, -0.15) is 0 Å². The van der Waals surface area contributed by atoms with Gasteiger partial charge in [-0.25, -0.2) is 13.6 Å². The number of rotatable bonds is 11. The molecule has 0 heterocycles. The van der Waals surface area contributed by atoms with E-state index in [1.165, 1.54) is 12.8 Å². The van der Waals surface area contributed by atoms with Gasteiger partial charge in [-0.1, -0.05) is 39.5 Å². The highest BCUT2D eigenvalue weighted by atomic mass is 32.2. The lowest BCUT2D eigenvalue weighted by atomic mass is 9.82. The van der Waals surface area contributed by atoms with Gasteiger partial charge in [0.1, 0.15) is 0 Å². The zero-order valence-electron chi connectivity index (χ0n) is 12.4. The number of primary sulfonamides is 1. The Morgan fingerprint density at radius 2 is 1.79 bits per heavy atom. The van der Waals surface area contributed by atoms with E-state index >= 15 is 0 Å². The summed E-state index contributed by atoms with van der Waals surface area (Å²) in [5.41, 5.74) is -0.291. The van der Waals surface area contributed by atoms with Crippen LogP contribution in [0.25, 0.3) is 0 Å². The van der Waals surface area contributed by atoms with Crippen LogP contribution in [0.3, 0.4) is 0 Å². The summed E-state index contributed by atoms with van der Waals surface area (Å²) in [5.74, 6) is 0.899. The summed E-state index contributed by atoms with van der Waals surface area (Å²) >= 11 is 0. The van der Waals surface area contributed by atoms with Crippen LogP contribution in [0, 0.1) is 11.3 Å². The third-order valence-corrected chi connectivity index (χ3v) is 4.86. The highest BCUT2D eigenvalue weighted by Gasteiger charge is 2.33. The van der Waals surface area contributed by atoms with E-state index in [-0.39, 0.29) is 11.2 Å². The summed E-state index contributed by atoms with van der Waals surface area (Å²) in [5, 5.41) is 5.26. The molecule has 2 N–H and O–H groups in total. The number of sulfonamides is 1. The molecule has 1 saturated carbocycles. The minimum atomic E-state index is -3.45. The molecule has 0 aromatic rings. The van der Waals surface area contributed by atoms with E-state index in [0.29, 0.717) is 6.61 Å². The van der Waals surface area contributed by atoms with E-state index in [0.717, 1.165) is 44.6 Å². The highest BCUT2D eigenvalue weighted by Crippen LogP contribution is 2.34. The Kier molecular flexibility index (Phi) is 6.77. The van der Waals surface area contributed by atoms with Gasteiger partial charge in [-0.05, 0) is 25.2 Å². The highest BCUT2D eigenvalue weighted by molar-refractivity contribution is 7.89. The van der Waals surface area contributed by atoms with Crippen LogP contribution in [0.5, 0.6) is 0 Å². The van der Waals surface area contributed by atoms with Crippen molar-refractivity contribution in [3.8, 4) is 0 Å². The number of hydrogen-bond acceptors (Lipinski definition) is 3. The Bertz CT molecular complexity index is 344. The zero-order valence-corrected chi connectivity index (χ0v) is 13.2. The van der Waals surface area contributed by atoms with Crippen molar-refractivity contribution in [1.82, 2.24) is 0 Å². The number of ether oxygens (including phenoxy) is 1. The fraction of sp³-hybridized carbons (Fsp3) is 1.00. The van der Waals surface area contributed by atoms with E-state index in [4.69, 9.17) is 9.88 Å². The maximum Gasteiger partial charge on any atom is 0.209 e. The van der Waals surface area contributed by atoms with Crippen LogP contribution in [0.1, 0.15) is 58.8 Å². The van der Waals surface area contributed by atoms with E-state index < -0.39 is 10.0 Å². The molecule has 114 valence electrons. The molecule has 19 heavy (non-hydrogen) atoms. The van der Waals surface area contributed by atoms with Crippen molar-refractivity contribution < 1.29 is 13.2 Å². The molecule has 0 aromatic heterocycles. The van der Waals surface area contributed by atoms with Crippen molar-refractivity contribution in [2.45, 2.75) is 58.8 Å². The van der Waals surface area contributed by atoms with Gasteiger partial charge in [-0.3, -0.25) is 0 Å². The first-order valence-corrected chi connectivity index (χ1v) is 9.20. The summed E-state index contributed by atoms with van der Waals surface area (Å²) < 4.78 is 28.7. The average Bonchev–Trinajstić information content (AvgIpc) is 3.07. The first-order chi connectivity index (χ1) is 8.91. The molecule has 0 saturated heterocycles. The Labute approximate surface area is 118 Å². The molecular formula is C14H29NO3S. The fourth-order valence-corrected chi connectivity index (χ4v) is 4.11. The van der Waals surface area contributed by atoms with Crippen molar-refractivity contribution in [2.24, 2.45) is 16.5 Å². The van der Waals surface area contributed by atoms with Crippen molar-refractivity contribution in [2.75, 3.05) is 19.0 Å². The van der Waals surface area contributed by atoms with E-state index in [9.17, 15) is 8.42 Å². The first-order valence-electron chi connectivity index (χ1n) is 7.49. The van der Waals surface area contributed by atoms with Crippen molar-refractivity contribution in [3.05, 3.63) is 0 Å². The summed E-state index contributed by atoms with van der Waals surface area (Å²) in [4.78, 5) is 0. The SMILES string of the molecule is CCCC(CCC)(COCCC1CC1)CS(N)(=O)=O. The number of nitrogens with two attached hydrogens (primary N) is 1. The normalized spacial score (nSPS) is 16.8. The lowest BCUT2D eigenvalue weighted by Gasteiger charge is -2.32. The second-order valence-electron chi connectivity index (χ2n) is 6.09. The molecule has 0 radical (unpaired) electrons. The summed E-state index contributed by atoms with van der Waals surface area (Å²) in [6, 6.07) is 0. The smallest absolute Gasteiger partial charge is 0.209 e. The zero-order chi connectivity index (χ0) is 14.4. The van der Waals surface area contributed by atoms with Crippen LogP contribution < -0.4 is 5.14 Å². The molecule has 1 fully saturated rings. The van der Waals surface area contributed by atoms with Crippen molar-refractivity contribution >= 4 is 10.0 Å². The van der Waals surface area contributed by atoms with Crippen LogP contribution in [0.2, 0.25) is 0 Å². The van der Waals surface area contributed by atoms with Crippen molar-refractivity contribution in [1.29, 1.82) is 0 Å². The molecule has 1 rings (SSSR count). The Balaban J connectivity index is 2.52. The standard InChI is InChI=1S/C14H29NO3S/c1-3-8-14(9-4-2,12-19(15,16)17)11-18-10-7-13-5-6-13/h13H,3-12H2,1-2H3,(H2,15,16,17). The van der Waals surface area contributed by atoms with Gasteiger partial charge in [0, 0.05) is 12.0 Å². The molecule has 0 spiro atoms. The van der Waals surface area contributed by atoms with Crippen molar-refractivity contribution in [3.63, 3.8) is 0 Å². The van der Waals surface area contributed by atoms with Gasteiger partial charge in [0.2, 0.25) is 10.0 Å². The van der Waals surface area contributed by atoms with Crippen LogP contribution in [-0.4, -0.2) is 27.4 Å². The van der Waals surface area contributed by atoms with Crippen LogP contribution in [0.4, 0.5) is 0 Å². The third-order valence-electron chi connectivity index (χ3n) is 3.84. The van der Waals surface area contributed by atoms with Gasteiger partial charge in [0.15, 0.2) is 0 Å². The summed E-state index contributed by atoms with van der Waals surface area (Å²) in [6.45, 7) is 5.44. The fourth-order valence-electron chi connectivity index (χ4n) is 2.89. The van der Waals surface area contributed by atoms with Gasteiger partial charge >= 0.3 is 0 Å². The second kappa shape index (κ2) is 7.60. The minimum absolute atomic E-state index is 0.0467. The predicted molar refractivity (Wildman–Crippen MR) is 78.4 cm³/mol. The van der Waals surface area contributed by atoms with E-state index in [1.807, 2.05) is 0 Å². The Morgan fingerprint density at radius 1 is 1.21 bits per heavy atom.